The summed E-state index contributed by atoms with van der Waals surface area (Å²) in [4.78, 5) is 8.42. The molecule has 0 saturated heterocycles. The monoisotopic (exact) mass is 213 g/mol. The zero-order valence-corrected chi connectivity index (χ0v) is 9.27. The van der Waals surface area contributed by atoms with Gasteiger partial charge in [0.1, 0.15) is 5.03 Å². The van der Waals surface area contributed by atoms with E-state index in [1.165, 1.54) is 0 Å². The molecule has 0 aliphatic rings. The summed E-state index contributed by atoms with van der Waals surface area (Å²) < 4.78 is 0. The average molecular weight is 213 g/mol. The Kier molecular flexibility index (Phi) is 4.69. The summed E-state index contributed by atoms with van der Waals surface area (Å²) in [6, 6.07) is 0. The van der Waals surface area contributed by atoms with Gasteiger partial charge in [0.2, 0.25) is 5.95 Å². The summed E-state index contributed by atoms with van der Waals surface area (Å²) in [5.41, 5.74) is 1.08. The predicted octanol–water partition coefficient (Wildman–Crippen LogP) is 1.30. The SMILES string of the molecule is CNc1ncc(C)c(SCCCO)n1. The maximum absolute atomic E-state index is 8.66. The van der Waals surface area contributed by atoms with Crippen LogP contribution >= 0.6 is 11.8 Å². The quantitative estimate of drug-likeness (QED) is 0.438. The van der Waals surface area contributed by atoms with Crippen molar-refractivity contribution < 1.29 is 5.11 Å². The molecule has 0 unspecified atom stereocenters. The Morgan fingerprint density at radius 2 is 2.36 bits per heavy atom. The van der Waals surface area contributed by atoms with Crippen LogP contribution in [0.25, 0.3) is 0 Å². The summed E-state index contributed by atoms with van der Waals surface area (Å²) in [5.74, 6) is 1.53. The summed E-state index contributed by atoms with van der Waals surface area (Å²) in [7, 11) is 1.80. The van der Waals surface area contributed by atoms with E-state index in [9.17, 15) is 0 Å². The van der Waals surface area contributed by atoms with Crippen molar-refractivity contribution in [3.63, 3.8) is 0 Å². The van der Waals surface area contributed by atoms with E-state index in [1.807, 2.05) is 6.92 Å². The van der Waals surface area contributed by atoms with Crippen LogP contribution in [0.2, 0.25) is 0 Å². The molecule has 0 amide bonds. The lowest BCUT2D eigenvalue weighted by Gasteiger charge is -2.05. The van der Waals surface area contributed by atoms with Crippen LogP contribution in [0.4, 0.5) is 5.95 Å². The fourth-order valence-electron chi connectivity index (χ4n) is 0.926. The van der Waals surface area contributed by atoms with Gasteiger partial charge in [0, 0.05) is 25.6 Å². The lowest BCUT2D eigenvalue weighted by molar-refractivity contribution is 0.296. The Labute approximate surface area is 88.2 Å². The third-order valence-electron chi connectivity index (χ3n) is 1.69. The molecule has 0 aliphatic carbocycles. The van der Waals surface area contributed by atoms with Crippen molar-refractivity contribution in [2.75, 3.05) is 24.7 Å². The Hall–Kier alpha value is -0.810. The normalized spacial score (nSPS) is 10.2. The molecule has 14 heavy (non-hydrogen) atoms. The molecular formula is C9H15N3OS. The van der Waals surface area contributed by atoms with Crippen molar-refractivity contribution >= 4 is 17.7 Å². The minimum atomic E-state index is 0.232. The number of aliphatic hydroxyl groups is 1. The number of rotatable bonds is 5. The van der Waals surface area contributed by atoms with Gasteiger partial charge in [0.25, 0.3) is 0 Å². The fraction of sp³-hybridized carbons (Fsp3) is 0.556. The highest BCUT2D eigenvalue weighted by atomic mass is 32.2. The van der Waals surface area contributed by atoms with E-state index in [0.717, 1.165) is 22.8 Å². The van der Waals surface area contributed by atoms with E-state index in [4.69, 9.17) is 5.11 Å². The van der Waals surface area contributed by atoms with Crippen molar-refractivity contribution in [2.24, 2.45) is 0 Å². The van der Waals surface area contributed by atoms with Crippen LogP contribution in [-0.4, -0.2) is 34.5 Å². The third-order valence-corrected chi connectivity index (χ3v) is 2.87. The zero-order chi connectivity index (χ0) is 10.4. The Morgan fingerprint density at radius 3 is 3.00 bits per heavy atom. The van der Waals surface area contributed by atoms with E-state index in [0.29, 0.717) is 5.95 Å². The first-order chi connectivity index (χ1) is 6.77. The minimum absolute atomic E-state index is 0.232. The van der Waals surface area contributed by atoms with Crippen molar-refractivity contribution in [3.05, 3.63) is 11.8 Å². The molecule has 0 aliphatic heterocycles. The molecule has 78 valence electrons. The number of thioether (sulfide) groups is 1. The van der Waals surface area contributed by atoms with Gasteiger partial charge in [-0.2, -0.15) is 0 Å². The highest BCUT2D eigenvalue weighted by Crippen LogP contribution is 2.20. The summed E-state index contributed by atoms with van der Waals surface area (Å²) >= 11 is 1.65. The first-order valence-electron chi connectivity index (χ1n) is 4.53. The molecule has 0 aromatic carbocycles. The summed E-state index contributed by atoms with van der Waals surface area (Å²) in [5, 5.41) is 12.5. The molecule has 1 aromatic heterocycles. The van der Waals surface area contributed by atoms with E-state index in [2.05, 4.69) is 15.3 Å². The fourth-order valence-corrected chi connectivity index (χ4v) is 1.82. The number of nitrogens with zero attached hydrogens (tertiary/aromatic N) is 2. The molecule has 4 nitrogen and oxygen atoms in total. The van der Waals surface area contributed by atoms with Gasteiger partial charge in [-0.25, -0.2) is 9.97 Å². The lowest BCUT2D eigenvalue weighted by atomic mass is 10.4. The number of aliphatic hydroxyl groups excluding tert-OH is 1. The van der Waals surface area contributed by atoms with Gasteiger partial charge >= 0.3 is 0 Å². The lowest BCUT2D eigenvalue weighted by Crippen LogP contribution is -1.99. The average Bonchev–Trinajstić information content (AvgIpc) is 2.21. The van der Waals surface area contributed by atoms with Crippen LogP contribution in [0.3, 0.4) is 0 Å². The minimum Gasteiger partial charge on any atom is -0.396 e. The molecule has 0 atom stereocenters. The Bertz CT molecular complexity index is 293. The Morgan fingerprint density at radius 1 is 1.57 bits per heavy atom. The molecule has 2 N–H and O–H groups in total. The molecule has 5 heteroatoms. The van der Waals surface area contributed by atoms with E-state index in [-0.39, 0.29) is 6.61 Å². The number of nitrogens with one attached hydrogen (secondary N) is 1. The molecule has 1 rings (SSSR count). The molecule has 0 spiro atoms. The molecule has 0 saturated carbocycles. The molecule has 0 bridgehead atoms. The van der Waals surface area contributed by atoms with Crippen LogP contribution in [0, 0.1) is 6.92 Å². The number of aryl methyl sites for hydroxylation is 1. The van der Waals surface area contributed by atoms with Gasteiger partial charge < -0.3 is 10.4 Å². The molecule has 0 fully saturated rings. The van der Waals surface area contributed by atoms with Crippen molar-refractivity contribution in [2.45, 2.75) is 18.4 Å². The second-order valence-electron chi connectivity index (χ2n) is 2.86. The summed E-state index contributed by atoms with van der Waals surface area (Å²) in [6.07, 6.45) is 2.60. The highest BCUT2D eigenvalue weighted by molar-refractivity contribution is 7.99. The third kappa shape index (κ3) is 3.16. The van der Waals surface area contributed by atoms with Crippen LogP contribution < -0.4 is 5.32 Å². The van der Waals surface area contributed by atoms with E-state index in [1.54, 1.807) is 25.0 Å². The predicted molar refractivity (Wildman–Crippen MR) is 58.7 cm³/mol. The van der Waals surface area contributed by atoms with Crippen LogP contribution in [-0.2, 0) is 0 Å². The van der Waals surface area contributed by atoms with Crippen molar-refractivity contribution in [1.82, 2.24) is 9.97 Å². The number of hydrogen-bond acceptors (Lipinski definition) is 5. The maximum atomic E-state index is 8.66. The number of anilines is 1. The molecule has 1 aromatic rings. The van der Waals surface area contributed by atoms with Crippen molar-refractivity contribution in [1.29, 1.82) is 0 Å². The van der Waals surface area contributed by atoms with Crippen LogP contribution in [0.15, 0.2) is 11.2 Å². The van der Waals surface area contributed by atoms with Gasteiger partial charge in [-0.15, -0.1) is 11.8 Å². The maximum Gasteiger partial charge on any atom is 0.223 e. The summed E-state index contributed by atoms with van der Waals surface area (Å²) in [6.45, 7) is 2.22. The first-order valence-corrected chi connectivity index (χ1v) is 5.51. The van der Waals surface area contributed by atoms with Gasteiger partial charge in [-0.3, -0.25) is 0 Å². The number of hydrogen-bond donors (Lipinski definition) is 2. The second kappa shape index (κ2) is 5.82. The second-order valence-corrected chi connectivity index (χ2v) is 3.94. The standard InChI is InChI=1S/C9H15N3OS/c1-7-6-11-9(10-2)12-8(7)14-5-3-4-13/h6,13H,3-5H2,1-2H3,(H,10,11,12). The zero-order valence-electron chi connectivity index (χ0n) is 8.45. The number of aromatic nitrogens is 2. The van der Waals surface area contributed by atoms with Gasteiger partial charge in [0.05, 0.1) is 0 Å². The first kappa shape index (κ1) is 11.3. The van der Waals surface area contributed by atoms with Crippen molar-refractivity contribution in [3.8, 4) is 0 Å². The molecular weight excluding hydrogens is 198 g/mol. The molecule has 0 radical (unpaired) electrons. The Balaban J connectivity index is 2.64. The highest BCUT2D eigenvalue weighted by Gasteiger charge is 2.02. The van der Waals surface area contributed by atoms with Gasteiger partial charge in [0.15, 0.2) is 0 Å². The van der Waals surface area contributed by atoms with E-state index < -0.39 is 0 Å². The molecule has 1 heterocycles. The van der Waals surface area contributed by atoms with Gasteiger partial charge in [-0.1, -0.05) is 0 Å². The van der Waals surface area contributed by atoms with Gasteiger partial charge in [-0.05, 0) is 18.9 Å². The van der Waals surface area contributed by atoms with Crippen LogP contribution in [0.1, 0.15) is 12.0 Å². The van der Waals surface area contributed by atoms with Crippen LogP contribution in [0.5, 0.6) is 0 Å². The topological polar surface area (TPSA) is 58.0 Å². The van der Waals surface area contributed by atoms with E-state index >= 15 is 0 Å². The smallest absolute Gasteiger partial charge is 0.223 e. The largest absolute Gasteiger partial charge is 0.396 e.